The minimum Gasteiger partial charge on any atom is -0.380 e. The van der Waals surface area contributed by atoms with Crippen LogP contribution in [0.5, 0.6) is 0 Å². The first kappa shape index (κ1) is 23.0. The van der Waals surface area contributed by atoms with E-state index in [0.29, 0.717) is 5.69 Å². The van der Waals surface area contributed by atoms with Crippen molar-refractivity contribution in [2.75, 3.05) is 38.0 Å². The second-order valence-corrected chi connectivity index (χ2v) is 8.57. The number of anilines is 1. The molecule has 33 heavy (non-hydrogen) atoms. The third kappa shape index (κ3) is 5.78. The van der Waals surface area contributed by atoms with E-state index in [1.807, 2.05) is 19.1 Å². The quantitative estimate of drug-likeness (QED) is 0.357. The highest BCUT2D eigenvalue weighted by Crippen LogP contribution is 2.30. The van der Waals surface area contributed by atoms with Crippen LogP contribution in [0.25, 0.3) is 0 Å². The third-order valence-corrected chi connectivity index (χ3v) is 6.23. The van der Waals surface area contributed by atoms with E-state index < -0.39 is 0 Å². The number of piperazine rings is 1. The third-order valence-electron chi connectivity index (χ3n) is 6.23. The van der Waals surface area contributed by atoms with Gasteiger partial charge in [0.25, 0.3) is 5.69 Å². The molecule has 4 rings (SSSR count). The zero-order valence-corrected chi connectivity index (χ0v) is 19.2. The molecule has 0 spiro atoms. The molecule has 6 nitrogen and oxygen atoms in total. The van der Waals surface area contributed by atoms with Crippen molar-refractivity contribution in [3.05, 3.63) is 106 Å². The minimum atomic E-state index is -0.288. The van der Waals surface area contributed by atoms with Gasteiger partial charge in [-0.05, 0) is 29.2 Å². The first-order valence-electron chi connectivity index (χ1n) is 11.7. The molecule has 1 aliphatic heterocycles. The lowest BCUT2D eigenvalue weighted by Crippen LogP contribution is -2.47. The smallest absolute Gasteiger partial charge is 0.292 e. The van der Waals surface area contributed by atoms with Crippen LogP contribution in [-0.2, 0) is 6.54 Å². The van der Waals surface area contributed by atoms with Crippen molar-refractivity contribution in [2.45, 2.75) is 25.9 Å². The predicted molar refractivity (Wildman–Crippen MR) is 133 cm³/mol. The molecule has 1 saturated heterocycles. The lowest BCUT2D eigenvalue weighted by Gasteiger charge is -2.39. The number of nitro benzene ring substituents is 1. The molecule has 0 aliphatic carbocycles. The summed E-state index contributed by atoms with van der Waals surface area (Å²) in [5.41, 5.74) is 4.36. The van der Waals surface area contributed by atoms with Gasteiger partial charge >= 0.3 is 0 Å². The van der Waals surface area contributed by atoms with Crippen molar-refractivity contribution in [1.82, 2.24) is 9.80 Å². The number of rotatable bonds is 9. The van der Waals surface area contributed by atoms with E-state index in [2.05, 4.69) is 75.8 Å². The van der Waals surface area contributed by atoms with Gasteiger partial charge in [0.2, 0.25) is 0 Å². The Bertz CT molecular complexity index is 995. The monoisotopic (exact) mass is 444 g/mol. The summed E-state index contributed by atoms with van der Waals surface area (Å²) in [6.07, 6.45) is 0.927. The van der Waals surface area contributed by atoms with E-state index in [1.165, 1.54) is 11.1 Å². The second kappa shape index (κ2) is 11.1. The van der Waals surface area contributed by atoms with Crippen LogP contribution in [-0.4, -0.2) is 47.4 Å². The molecule has 0 atom stereocenters. The number of nitro groups is 1. The van der Waals surface area contributed by atoms with Crippen molar-refractivity contribution in [3.63, 3.8) is 0 Å². The van der Waals surface area contributed by atoms with Gasteiger partial charge in [-0.2, -0.15) is 0 Å². The second-order valence-electron chi connectivity index (χ2n) is 8.57. The maximum atomic E-state index is 11.6. The van der Waals surface area contributed by atoms with Gasteiger partial charge in [-0.1, -0.05) is 73.7 Å². The maximum Gasteiger partial charge on any atom is 0.292 e. The molecular formula is C27H32N4O2. The molecule has 0 amide bonds. The summed E-state index contributed by atoms with van der Waals surface area (Å²) in [6, 6.07) is 27.2. The summed E-state index contributed by atoms with van der Waals surface area (Å²) in [6.45, 7) is 7.27. The van der Waals surface area contributed by atoms with E-state index in [9.17, 15) is 10.1 Å². The van der Waals surface area contributed by atoms with Crippen LogP contribution in [0.1, 0.15) is 36.1 Å². The molecule has 3 aromatic rings. The fourth-order valence-corrected chi connectivity index (χ4v) is 4.56. The summed E-state index contributed by atoms with van der Waals surface area (Å²) in [4.78, 5) is 16.2. The van der Waals surface area contributed by atoms with Gasteiger partial charge in [0, 0.05) is 45.3 Å². The first-order chi connectivity index (χ1) is 16.2. The summed E-state index contributed by atoms with van der Waals surface area (Å²) in [5.74, 6) is 0. The van der Waals surface area contributed by atoms with Crippen molar-refractivity contribution in [2.24, 2.45) is 0 Å². The van der Waals surface area contributed by atoms with Crippen LogP contribution in [0, 0.1) is 10.1 Å². The lowest BCUT2D eigenvalue weighted by molar-refractivity contribution is -0.384. The largest absolute Gasteiger partial charge is 0.380 e. The summed E-state index contributed by atoms with van der Waals surface area (Å²) < 4.78 is 0. The number of nitrogens with zero attached hydrogens (tertiary/aromatic N) is 3. The standard InChI is InChI=1S/C27H32N4O2/c1-2-15-28-25-14-13-22(20-26(25)31(32)33)21-29-16-18-30(19-17-29)27(23-9-5-3-6-10-23)24-11-7-4-8-12-24/h3-14,20,27-28H,2,15-19,21H2,1H3. The molecule has 172 valence electrons. The fraction of sp³-hybridized carbons (Fsp3) is 0.333. The van der Waals surface area contributed by atoms with Crippen molar-refractivity contribution in [1.29, 1.82) is 0 Å². The molecule has 1 aliphatic rings. The van der Waals surface area contributed by atoms with Crippen LogP contribution in [0.15, 0.2) is 78.9 Å². The molecular weight excluding hydrogens is 412 g/mol. The van der Waals surface area contributed by atoms with Gasteiger partial charge in [0.1, 0.15) is 5.69 Å². The number of hydrogen-bond donors (Lipinski definition) is 1. The Balaban J connectivity index is 1.44. The van der Waals surface area contributed by atoms with Crippen molar-refractivity contribution in [3.8, 4) is 0 Å². The zero-order chi connectivity index (χ0) is 23.0. The lowest BCUT2D eigenvalue weighted by atomic mass is 9.96. The van der Waals surface area contributed by atoms with Crippen LogP contribution in [0.4, 0.5) is 11.4 Å². The Hall–Kier alpha value is -3.22. The Morgan fingerprint density at radius 1 is 0.909 bits per heavy atom. The van der Waals surface area contributed by atoms with E-state index in [0.717, 1.165) is 51.3 Å². The number of benzene rings is 3. The van der Waals surface area contributed by atoms with Crippen LogP contribution >= 0.6 is 0 Å². The van der Waals surface area contributed by atoms with Crippen molar-refractivity contribution >= 4 is 11.4 Å². The van der Waals surface area contributed by atoms with Crippen molar-refractivity contribution < 1.29 is 4.92 Å². The van der Waals surface area contributed by atoms with Crippen LogP contribution in [0.2, 0.25) is 0 Å². The van der Waals surface area contributed by atoms with E-state index >= 15 is 0 Å². The van der Waals surface area contributed by atoms with E-state index in [4.69, 9.17) is 0 Å². The SMILES string of the molecule is CCCNc1ccc(CN2CCN(C(c3ccccc3)c3ccccc3)CC2)cc1[N+](=O)[O-]. The number of hydrogen-bond acceptors (Lipinski definition) is 5. The van der Waals surface area contributed by atoms with E-state index in [-0.39, 0.29) is 16.7 Å². The zero-order valence-electron chi connectivity index (χ0n) is 19.2. The summed E-state index contributed by atoms with van der Waals surface area (Å²) in [5, 5.41) is 14.7. The van der Waals surface area contributed by atoms with Gasteiger partial charge in [-0.3, -0.25) is 19.9 Å². The molecule has 0 unspecified atom stereocenters. The maximum absolute atomic E-state index is 11.6. The predicted octanol–water partition coefficient (Wildman–Crippen LogP) is 5.32. The Morgan fingerprint density at radius 3 is 2.06 bits per heavy atom. The molecule has 0 bridgehead atoms. The van der Waals surface area contributed by atoms with E-state index in [1.54, 1.807) is 6.07 Å². The highest BCUT2D eigenvalue weighted by Gasteiger charge is 2.26. The molecule has 1 heterocycles. The highest BCUT2D eigenvalue weighted by molar-refractivity contribution is 5.62. The van der Waals surface area contributed by atoms with Crippen LogP contribution in [0.3, 0.4) is 0 Å². The Morgan fingerprint density at radius 2 is 1.52 bits per heavy atom. The molecule has 0 saturated carbocycles. The average molecular weight is 445 g/mol. The number of nitrogens with one attached hydrogen (secondary N) is 1. The first-order valence-corrected chi connectivity index (χ1v) is 11.7. The Kier molecular flexibility index (Phi) is 7.70. The fourth-order valence-electron chi connectivity index (χ4n) is 4.56. The average Bonchev–Trinajstić information content (AvgIpc) is 2.86. The van der Waals surface area contributed by atoms with Gasteiger partial charge < -0.3 is 5.32 Å². The van der Waals surface area contributed by atoms with Gasteiger partial charge in [0.05, 0.1) is 11.0 Å². The Labute approximate surface area is 196 Å². The summed E-state index contributed by atoms with van der Waals surface area (Å²) in [7, 11) is 0. The molecule has 1 N–H and O–H groups in total. The normalized spacial score (nSPS) is 15.0. The molecule has 1 fully saturated rings. The molecule has 3 aromatic carbocycles. The molecule has 0 radical (unpaired) electrons. The topological polar surface area (TPSA) is 61.6 Å². The van der Waals surface area contributed by atoms with Crippen LogP contribution < -0.4 is 5.32 Å². The molecule has 0 aromatic heterocycles. The summed E-state index contributed by atoms with van der Waals surface area (Å²) >= 11 is 0. The highest BCUT2D eigenvalue weighted by atomic mass is 16.6. The minimum absolute atomic E-state index is 0.160. The van der Waals surface area contributed by atoms with Gasteiger partial charge in [-0.15, -0.1) is 0 Å². The van der Waals surface area contributed by atoms with Gasteiger partial charge in [0.15, 0.2) is 0 Å². The molecule has 6 heteroatoms. The van der Waals surface area contributed by atoms with Gasteiger partial charge in [-0.25, -0.2) is 0 Å².